The average molecular weight is 230 g/mol. The van der Waals surface area contributed by atoms with Gasteiger partial charge >= 0.3 is 0 Å². The van der Waals surface area contributed by atoms with Crippen molar-refractivity contribution in [1.29, 1.82) is 0 Å². The summed E-state index contributed by atoms with van der Waals surface area (Å²) in [4.78, 5) is 6.32. The summed E-state index contributed by atoms with van der Waals surface area (Å²) in [5, 5.41) is 8.22. The van der Waals surface area contributed by atoms with Gasteiger partial charge in [0.1, 0.15) is 0 Å². The molecule has 88 valence electrons. The minimum absolute atomic E-state index is 0.373. The van der Waals surface area contributed by atoms with Gasteiger partial charge in [-0.05, 0) is 32.1 Å². The molecule has 1 fully saturated rings. The third-order valence-electron chi connectivity index (χ3n) is 3.09. The molecule has 0 unspecified atom stereocenters. The van der Waals surface area contributed by atoms with E-state index in [1.165, 1.54) is 0 Å². The fraction of sp³-hybridized carbons (Fsp3) is 0.417. The first-order valence-corrected chi connectivity index (χ1v) is 5.75. The molecule has 5 heteroatoms. The number of likely N-dealkylation sites (N-methyl/N-ethyl adjacent to an activating group) is 1. The summed E-state index contributed by atoms with van der Waals surface area (Å²) in [5.41, 5.74) is 0.873. The van der Waals surface area contributed by atoms with Crippen molar-refractivity contribution in [2.24, 2.45) is 0 Å². The average Bonchev–Trinajstić information content (AvgIpc) is 2.98. The Morgan fingerprint density at radius 2 is 2.35 bits per heavy atom. The highest BCUT2D eigenvalue weighted by Crippen LogP contribution is 2.27. The molecule has 0 spiro atoms. The summed E-state index contributed by atoms with van der Waals surface area (Å²) < 4.78 is 5.71. The zero-order valence-electron chi connectivity index (χ0n) is 9.71. The Balaban J connectivity index is 1.84. The molecular formula is C12H14N4O. The van der Waals surface area contributed by atoms with Crippen molar-refractivity contribution in [3.63, 3.8) is 0 Å². The molecule has 1 saturated heterocycles. The van der Waals surface area contributed by atoms with Crippen molar-refractivity contribution >= 4 is 0 Å². The zero-order chi connectivity index (χ0) is 11.7. The lowest BCUT2D eigenvalue weighted by atomic mass is 10.1. The van der Waals surface area contributed by atoms with Gasteiger partial charge in [0.05, 0.1) is 11.5 Å². The topological polar surface area (TPSA) is 55.1 Å². The van der Waals surface area contributed by atoms with Crippen LogP contribution >= 0.6 is 0 Å². The van der Waals surface area contributed by atoms with Gasteiger partial charge in [-0.15, -0.1) is 10.2 Å². The van der Waals surface area contributed by atoms with E-state index in [9.17, 15) is 0 Å². The molecule has 0 amide bonds. The number of aromatic nitrogens is 3. The summed E-state index contributed by atoms with van der Waals surface area (Å²) in [6.07, 6.45) is 4.55. The zero-order valence-corrected chi connectivity index (χ0v) is 9.71. The maximum absolute atomic E-state index is 5.71. The largest absolute Gasteiger partial charge is 0.420 e. The van der Waals surface area contributed by atoms with Crippen LogP contribution in [0.3, 0.4) is 0 Å². The van der Waals surface area contributed by atoms with Crippen molar-refractivity contribution < 1.29 is 4.42 Å². The van der Waals surface area contributed by atoms with E-state index in [0.29, 0.717) is 11.8 Å². The molecule has 3 heterocycles. The van der Waals surface area contributed by atoms with Gasteiger partial charge in [0, 0.05) is 18.9 Å². The number of hydrogen-bond donors (Lipinski definition) is 0. The van der Waals surface area contributed by atoms with E-state index in [0.717, 1.165) is 31.0 Å². The molecular weight excluding hydrogens is 216 g/mol. The van der Waals surface area contributed by atoms with E-state index in [1.54, 1.807) is 12.4 Å². The Bertz CT molecular complexity index is 496. The lowest BCUT2D eigenvalue weighted by Gasteiger charge is -2.05. The summed E-state index contributed by atoms with van der Waals surface area (Å²) in [5.74, 6) is 1.67. The van der Waals surface area contributed by atoms with E-state index in [1.807, 2.05) is 12.1 Å². The third-order valence-corrected chi connectivity index (χ3v) is 3.09. The van der Waals surface area contributed by atoms with Crippen LogP contribution in [0.15, 0.2) is 28.9 Å². The molecule has 1 atom stereocenters. The number of likely N-dealkylation sites (tertiary alicyclic amines) is 1. The summed E-state index contributed by atoms with van der Waals surface area (Å²) in [6.45, 7) is 2.09. The van der Waals surface area contributed by atoms with Crippen LogP contribution in [0.5, 0.6) is 0 Å². The first-order chi connectivity index (χ1) is 8.33. The monoisotopic (exact) mass is 230 g/mol. The van der Waals surface area contributed by atoms with Crippen LogP contribution in [0.25, 0.3) is 11.5 Å². The van der Waals surface area contributed by atoms with E-state index in [2.05, 4.69) is 27.1 Å². The predicted molar refractivity (Wildman–Crippen MR) is 62.4 cm³/mol. The van der Waals surface area contributed by atoms with Crippen LogP contribution in [-0.2, 0) is 0 Å². The summed E-state index contributed by atoms with van der Waals surface area (Å²) >= 11 is 0. The Kier molecular flexibility index (Phi) is 2.60. The van der Waals surface area contributed by atoms with E-state index in [-0.39, 0.29) is 0 Å². The Hall–Kier alpha value is -1.75. The first-order valence-electron chi connectivity index (χ1n) is 5.75. The molecule has 1 aliphatic rings. The van der Waals surface area contributed by atoms with Crippen molar-refractivity contribution in [1.82, 2.24) is 20.1 Å². The third kappa shape index (κ3) is 2.06. The standard InChI is InChI=1S/C12H14N4O/c1-16-6-4-10(8-16)12-15-14-11(17-12)9-3-2-5-13-7-9/h2-3,5,7,10H,4,6,8H2,1H3/t10-/m0/s1. The van der Waals surface area contributed by atoms with Crippen LogP contribution in [0.1, 0.15) is 18.2 Å². The van der Waals surface area contributed by atoms with E-state index < -0.39 is 0 Å². The maximum Gasteiger partial charge on any atom is 0.249 e. The van der Waals surface area contributed by atoms with Crippen molar-refractivity contribution in [3.8, 4) is 11.5 Å². The minimum Gasteiger partial charge on any atom is -0.420 e. The van der Waals surface area contributed by atoms with Crippen LogP contribution in [0.4, 0.5) is 0 Å². The quantitative estimate of drug-likeness (QED) is 0.783. The smallest absolute Gasteiger partial charge is 0.249 e. The van der Waals surface area contributed by atoms with E-state index in [4.69, 9.17) is 4.42 Å². The normalized spacial score (nSPS) is 20.9. The highest BCUT2D eigenvalue weighted by molar-refractivity contribution is 5.49. The van der Waals surface area contributed by atoms with E-state index >= 15 is 0 Å². The molecule has 1 aliphatic heterocycles. The van der Waals surface area contributed by atoms with Crippen LogP contribution in [-0.4, -0.2) is 40.2 Å². The van der Waals surface area contributed by atoms with Crippen LogP contribution in [0.2, 0.25) is 0 Å². The molecule has 5 nitrogen and oxygen atoms in total. The molecule has 0 N–H and O–H groups in total. The lowest BCUT2D eigenvalue weighted by molar-refractivity contribution is 0.394. The summed E-state index contributed by atoms with van der Waals surface area (Å²) in [7, 11) is 2.11. The van der Waals surface area contributed by atoms with Gasteiger partial charge in [-0.1, -0.05) is 0 Å². The van der Waals surface area contributed by atoms with Crippen molar-refractivity contribution in [2.75, 3.05) is 20.1 Å². The van der Waals surface area contributed by atoms with Crippen LogP contribution < -0.4 is 0 Å². The first kappa shape index (κ1) is 10.4. The van der Waals surface area contributed by atoms with Gasteiger partial charge in [-0.2, -0.15) is 0 Å². The molecule has 0 bridgehead atoms. The molecule has 2 aromatic rings. The van der Waals surface area contributed by atoms with Gasteiger partial charge < -0.3 is 9.32 Å². The predicted octanol–water partition coefficient (Wildman–Crippen LogP) is 1.55. The Morgan fingerprint density at radius 1 is 1.41 bits per heavy atom. The molecule has 17 heavy (non-hydrogen) atoms. The number of pyridine rings is 1. The molecule has 0 aliphatic carbocycles. The Morgan fingerprint density at radius 3 is 3.06 bits per heavy atom. The molecule has 0 saturated carbocycles. The molecule has 0 aromatic carbocycles. The minimum atomic E-state index is 0.373. The number of hydrogen-bond acceptors (Lipinski definition) is 5. The SMILES string of the molecule is CN1CC[C@H](c2nnc(-c3cccnc3)o2)C1. The second-order valence-electron chi connectivity index (χ2n) is 4.43. The van der Waals surface area contributed by atoms with Gasteiger partial charge in [0.15, 0.2) is 0 Å². The van der Waals surface area contributed by atoms with Gasteiger partial charge in [0.25, 0.3) is 0 Å². The second-order valence-corrected chi connectivity index (χ2v) is 4.43. The fourth-order valence-electron chi connectivity index (χ4n) is 2.14. The lowest BCUT2D eigenvalue weighted by Crippen LogP contribution is -2.13. The number of rotatable bonds is 2. The maximum atomic E-state index is 5.71. The highest BCUT2D eigenvalue weighted by Gasteiger charge is 2.26. The number of nitrogens with zero attached hydrogens (tertiary/aromatic N) is 4. The van der Waals surface area contributed by atoms with Gasteiger partial charge in [-0.3, -0.25) is 4.98 Å². The fourth-order valence-corrected chi connectivity index (χ4v) is 2.14. The molecule has 0 radical (unpaired) electrons. The molecule has 3 rings (SSSR count). The van der Waals surface area contributed by atoms with Gasteiger partial charge in [-0.25, -0.2) is 0 Å². The van der Waals surface area contributed by atoms with Crippen LogP contribution in [0, 0.1) is 0 Å². The Labute approximate surface area is 99.5 Å². The van der Waals surface area contributed by atoms with Gasteiger partial charge in [0.2, 0.25) is 11.8 Å². The highest BCUT2D eigenvalue weighted by atomic mass is 16.4. The molecule has 2 aromatic heterocycles. The van der Waals surface area contributed by atoms with Crippen molar-refractivity contribution in [2.45, 2.75) is 12.3 Å². The summed E-state index contributed by atoms with van der Waals surface area (Å²) in [6, 6.07) is 3.79. The van der Waals surface area contributed by atoms with Crippen molar-refractivity contribution in [3.05, 3.63) is 30.4 Å². The second kappa shape index (κ2) is 4.25.